The van der Waals surface area contributed by atoms with Gasteiger partial charge < -0.3 is 9.72 Å². The molecule has 4 rings (SSSR count). The van der Waals surface area contributed by atoms with Crippen LogP contribution >= 0.6 is 0 Å². The number of aromatic nitrogens is 4. The first-order valence-electron chi connectivity index (χ1n) is 8.64. The lowest BCUT2D eigenvalue weighted by atomic mass is 10.2. The second-order valence-electron chi connectivity index (χ2n) is 6.21. The highest BCUT2D eigenvalue weighted by molar-refractivity contribution is 5.95. The number of nitrogens with zero attached hydrogens (tertiary/aromatic N) is 4. The number of para-hydroxylation sites is 1. The van der Waals surface area contributed by atoms with Gasteiger partial charge in [-0.25, -0.2) is 14.1 Å². The zero-order valence-electron chi connectivity index (χ0n) is 14.8. The van der Waals surface area contributed by atoms with Gasteiger partial charge in [-0.3, -0.25) is 4.79 Å². The fourth-order valence-corrected chi connectivity index (χ4v) is 3.01. The summed E-state index contributed by atoms with van der Waals surface area (Å²) in [4.78, 5) is 17.0. The second kappa shape index (κ2) is 7.03. The molecule has 0 radical (unpaired) electrons. The quantitative estimate of drug-likeness (QED) is 0.593. The molecule has 0 aliphatic carbocycles. The number of carbonyl (C=O) groups excluding carboxylic acids is 1. The Morgan fingerprint density at radius 1 is 1.19 bits per heavy atom. The molecule has 0 unspecified atom stereocenters. The molecule has 7 heteroatoms. The average molecular weight is 363 g/mol. The molecule has 4 aromatic rings. The van der Waals surface area contributed by atoms with Crippen LogP contribution in [0.4, 0.5) is 4.39 Å². The number of benzene rings is 1. The molecule has 1 amide bonds. The SMILES string of the molecule is Cc1c(C(=O)NCCc2cn3ccccc3n2)cnn1-c1ccccc1F. The third kappa shape index (κ3) is 3.31. The minimum atomic E-state index is -0.387. The van der Waals surface area contributed by atoms with Crippen LogP contribution in [-0.4, -0.2) is 31.6 Å². The van der Waals surface area contributed by atoms with Crippen molar-refractivity contribution < 1.29 is 9.18 Å². The van der Waals surface area contributed by atoms with Gasteiger partial charge in [-0.15, -0.1) is 0 Å². The Kier molecular flexibility index (Phi) is 4.42. The number of hydrogen-bond acceptors (Lipinski definition) is 3. The van der Waals surface area contributed by atoms with Crippen molar-refractivity contribution in [1.29, 1.82) is 0 Å². The zero-order valence-corrected chi connectivity index (χ0v) is 14.8. The van der Waals surface area contributed by atoms with E-state index in [1.807, 2.05) is 35.0 Å². The summed E-state index contributed by atoms with van der Waals surface area (Å²) < 4.78 is 17.4. The van der Waals surface area contributed by atoms with E-state index in [1.54, 1.807) is 25.1 Å². The highest BCUT2D eigenvalue weighted by atomic mass is 19.1. The lowest BCUT2D eigenvalue weighted by Gasteiger charge is -2.07. The Labute approximate surface area is 155 Å². The normalized spacial score (nSPS) is 11.0. The summed E-state index contributed by atoms with van der Waals surface area (Å²) in [5.41, 5.74) is 3.11. The van der Waals surface area contributed by atoms with E-state index in [-0.39, 0.29) is 11.7 Å². The summed E-state index contributed by atoms with van der Waals surface area (Å²) in [5, 5.41) is 7.04. The second-order valence-corrected chi connectivity index (χ2v) is 6.21. The maximum atomic E-state index is 14.0. The fraction of sp³-hybridized carbons (Fsp3) is 0.150. The minimum absolute atomic E-state index is 0.237. The van der Waals surface area contributed by atoms with Crippen LogP contribution in [0, 0.1) is 12.7 Å². The molecular formula is C20H18FN5O. The van der Waals surface area contributed by atoms with E-state index in [0.29, 0.717) is 29.9 Å². The standard InChI is InChI=1S/C20H18FN5O/c1-14-16(12-23-26(14)18-7-3-2-6-17(18)21)20(27)22-10-9-15-13-25-11-5-4-8-19(25)24-15/h2-8,11-13H,9-10H2,1H3,(H,22,27). The van der Waals surface area contributed by atoms with Crippen LogP contribution in [0.3, 0.4) is 0 Å². The average Bonchev–Trinajstić information content (AvgIpc) is 3.25. The molecule has 0 aliphatic rings. The van der Waals surface area contributed by atoms with Crippen molar-refractivity contribution in [2.45, 2.75) is 13.3 Å². The number of amides is 1. The van der Waals surface area contributed by atoms with Gasteiger partial charge in [-0.05, 0) is 31.2 Å². The lowest BCUT2D eigenvalue weighted by Crippen LogP contribution is -2.26. The van der Waals surface area contributed by atoms with Crippen LogP contribution in [0.1, 0.15) is 21.7 Å². The molecule has 27 heavy (non-hydrogen) atoms. The van der Waals surface area contributed by atoms with E-state index in [4.69, 9.17) is 0 Å². The maximum Gasteiger partial charge on any atom is 0.254 e. The van der Waals surface area contributed by atoms with Crippen molar-refractivity contribution in [2.75, 3.05) is 6.54 Å². The molecule has 1 aromatic carbocycles. The van der Waals surface area contributed by atoms with Crippen LogP contribution in [0.25, 0.3) is 11.3 Å². The highest BCUT2D eigenvalue weighted by Crippen LogP contribution is 2.17. The van der Waals surface area contributed by atoms with Gasteiger partial charge in [-0.1, -0.05) is 18.2 Å². The molecule has 0 saturated carbocycles. The van der Waals surface area contributed by atoms with Gasteiger partial charge in [0.25, 0.3) is 5.91 Å². The zero-order chi connectivity index (χ0) is 18.8. The lowest BCUT2D eigenvalue weighted by molar-refractivity contribution is 0.0953. The summed E-state index contributed by atoms with van der Waals surface area (Å²) in [7, 11) is 0. The Morgan fingerprint density at radius 3 is 2.81 bits per heavy atom. The van der Waals surface area contributed by atoms with Crippen LogP contribution < -0.4 is 5.32 Å². The number of fused-ring (bicyclic) bond motifs is 1. The molecule has 136 valence electrons. The number of rotatable bonds is 5. The van der Waals surface area contributed by atoms with E-state index >= 15 is 0 Å². The van der Waals surface area contributed by atoms with E-state index in [0.717, 1.165) is 11.3 Å². The predicted octanol–water partition coefficient (Wildman–Crippen LogP) is 2.94. The number of hydrogen-bond donors (Lipinski definition) is 1. The number of nitrogens with one attached hydrogen (secondary N) is 1. The topological polar surface area (TPSA) is 64.2 Å². The number of imidazole rings is 1. The number of carbonyl (C=O) groups is 1. The number of halogens is 1. The molecule has 3 aromatic heterocycles. The van der Waals surface area contributed by atoms with Gasteiger partial charge in [0.2, 0.25) is 0 Å². The first kappa shape index (κ1) is 17.0. The first-order chi connectivity index (χ1) is 13.1. The summed E-state index contributed by atoms with van der Waals surface area (Å²) in [6, 6.07) is 12.1. The molecule has 0 fully saturated rings. The Hall–Kier alpha value is -3.48. The highest BCUT2D eigenvalue weighted by Gasteiger charge is 2.16. The monoisotopic (exact) mass is 363 g/mol. The van der Waals surface area contributed by atoms with Gasteiger partial charge in [0.15, 0.2) is 0 Å². The minimum Gasteiger partial charge on any atom is -0.352 e. The Balaban J connectivity index is 1.43. The van der Waals surface area contributed by atoms with Crippen molar-refractivity contribution in [3.8, 4) is 5.69 Å². The Bertz CT molecular complexity index is 1080. The van der Waals surface area contributed by atoms with Gasteiger partial charge >= 0.3 is 0 Å². The third-order valence-corrected chi connectivity index (χ3v) is 4.42. The molecule has 0 atom stereocenters. The summed E-state index contributed by atoms with van der Waals surface area (Å²) in [6.45, 7) is 2.20. The molecule has 3 heterocycles. The van der Waals surface area contributed by atoms with Crippen LogP contribution in [0.2, 0.25) is 0 Å². The molecule has 0 saturated heterocycles. The van der Waals surface area contributed by atoms with Crippen LogP contribution in [0.15, 0.2) is 61.1 Å². The third-order valence-electron chi connectivity index (χ3n) is 4.42. The van der Waals surface area contributed by atoms with Gasteiger partial charge in [0.05, 0.1) is 23.1 Å². The smallest absolute Gasteiger partial charge is 0.254 e. The van der Waals surface area contributed by atoms with Crippen molar-refractivity contribution in [1.82, 2.24) is 24.5 Å². The van der Waals surface area contributed by atoms with Gasteiger partial charge in [-0.2, -0.15) is 5.10 Å². The van der Waals surface area contributed by atoms with Crippen molar-refractivity contribution in [3.05, 3.63) is 83.8 Å². The molecule has 6 nitrogen and oxygen atoms in total. The Morgan fingerprint density at radius 2 is 2.00 bits per heavy atom. The fourth-order valence-electron chi connectivity index (χ4n) is 3.01. The van der Waals surface area contributed by atoms with E-state index in [2.05, 4.69) is 15.4 Å². The van der Waals surface area contributed by atoms with Crippen LogP contribution in [-0.2, 0) is 6.42 Å². The molecule has 0 aliphatic heterocycles. The summed E-state index contributed by atoms with van der Waals surface area (Å²) >= 11 is 0. The van der Waals surface area contributed by atoms with Gasteiger partial charge in [0, 0.05) is 25.4 Å². The predicted molar refractivity (Wildman–Crippen MR) is 99.5 cm³/mol. The molecule has 0 spiro atoms. The summed E-state index contributed by atoms with van der Waals surface area (Å²) in [5.74, 6) is -0.624. The largest absolute Gasteiger partial charge is 0.352 e. The van der Waals surface area contributed by atoms with Crippen molar-refractivity contribution in [2.24, 2.45) is 0 Å². The maximum absolute atomic E-state index is 14.0. The van der Waals surface area contributed by atoms with E-state index in [9.17, 15) is 9.18 Å². The van der Waals surface area contributed by atoms with Gasteiger partial charge in [0.1, 0.15) is 17.2 Å². The van der Waals surface area contributed by atoms with Crippen molar-refractivity contribution >= 4 is 11.6 Å². The van der Waals surface area contributed by atoms with E-state index < -0.39 is 0 Å². The molecule has 0 bridgehead atoms. The van der Waals surface area contributed by atoms with Crippen molar-refractivity contribution in [3.63, 3.8) is 0 Å². The number of pyridine rings is 1. The molecule has 1 N–H and O–H groups in total. The van der Waals surface area contributed by atoms with Crippen LogP contribution in [0.5, 0.6) is 0 Å². The first-order valence-corrected chi connectivity index (χ1v) is 8.64. The van der Waals surface area contributed by atoms with E-state index in [1.165, 1.54) is 16.9 Å². The summed E-state index contributed by atoms with van der Waals surface area (Å²) in [6.07, 6.45) is 5.96. The molecular weight excluding hydrogens is 345 g/mol.